The van der Waals surface area contributed by atoms with Gasteiger partial charge in [0, 0.05) is 0 Å². The Morgan fingerprint density at radius 3 is 2.80 bits per heavy atom. The Labute approximate surface area is 92.0 Å². The molecule has 1 N–H and O–H groups in total. The van der Waals surface area contributed by atoms with Crippen molar-refractivity contribution in [1.82, 2.24) is 10.2 Å². The maximum atomic E-state index is 11.5. The minimum atomic E-state index is -0.0726. The van der Waals surface area contributed by atoms with Gasteiger partial charge in [-0.15, -0.1) is 0 Å². The Morgan fingerprint density at radius 2 is 2.33 bits per heavy atom. The molecule has 0 spiro atoms. The minimum Gasteiger partial charge on any atom is -0.469 e. The Morgan fingerprint density at radius 1 is 1.67 bits per heavy atom. The first-order valence-electron chi connectivity index (χ1n) is 5.57. The van der Waals surface area contributed by atoms with Gasteiger partial charge in [-0.2, -0.15) is 0 Å². The molecule has 0 heterocycles. The van der Waals surface area contributed by atoms with Crippen LogP contribution in [0.4, 0.5) is 0 Å². The number of nitrogens with zero attached hydrogens (tertiary/aromatic N) is 1. The first kappa shape index (κ1) is 12.5. The number of methoxy groups -OCH3 is 1. The molecule has 0 bridgehead atoms. The number of ether oxygens (including phenoxy) is 1. The van der Waals surface area contributed by atoms with E-state index in [1.165, 1.54) is 7.11 Å². The van der Waals surface area contributed by atoms with Crippen LogP contribution in [0.25, 0.3) is 0 Å². The van der Waals surface area contributed by atoms with Crippen molar-refractivity contribution in [3.8, 4) is 0 Å². The van der Waals surface area contributed by atoms with E-state index >= 15 is 0 Å². The van der Waals surface area contributed by atoms with E-state index in [-0.39, 0.29) is 17.6 Å². The first-order chi connectivity index (χ1) is 7.09. The molecular weight excluding hydrogens is 192 g/mol. The van der Waals surface area contributed by atoms with Crippen molar-refractivity contribution in [3.05, 3.63) is 0 Å². The zero-order chi connectivity index (χ0) is 11.5. The predicted octanol–water partition coefficient (Wildman–Crippen LogP) is 0.827. The summed E-state index contributed by atoms with van der Waals surface area (Å²) in [5, 5.41) is 3.36. The third kappa shape index (κ3) is 2.32. The highest BCUT2D eigenvalue weighted by Gasteiger charge is 2.43. The number of hydrogen-bond acceptors (Lipinski definition) is 4. The second-order valence-electron chi connectivity index (χ2n) is 4.26. The summed E-state index contributed by atoms with van der Waals surface area (Å²) >= 11 is 0. The van der Waals surface area contributed by atoms with Crippen LogP contribution in [0.1, 0.15) is 26.2 Å². The Kier molecular flexibility index (Phi) is 4.11. The molecule has 1 rings (SSSR count). The zero-order valence-electron chi connectivity index (χ0n) is 10.2. The SMILES string of the molecule is CCN(C)C1(NC)CCC(C(=O)OC)C1. The van der Waals surface area contributed by atoms with Gasteiger partial charge in [0.1, 0.15) is 0 Å². The van der Waals surface area contributed by atoms with E-state index in [1.807, 2.05) is 7.05 Å². The van der Waals surface area contributed by atoms with E-state index in [2.05, 4.69) is 24.2 Å². The number of nitrogens with one attached hydrogen (secondary N) is 1. The standard InChI is InChI=1S/C11H22N2O2/c1-5-13(3)11(12-2)7-6-9(8-11)10(14)15-4/h9,12H,5-8H2,1-4H3. The van der Waals surface area contributed by atoms with E-state index in [0.717, 1.165) is 25.8 Å². The molecule has 2 atom stereocenters. The maximum Gasteiger partial charge on any atom is 0.308 e. The highest BCUT2D eigenvalue weighted by Crippen LogP contribution is 2.36. The average molecular weight is 214 g/mol. The van der Waals surface area contributed by atoms with E-state index in [9.17, 15) is 4.79 Å². The fourth-order valence-corrected chi connectivity index (χ4v) is 2.46. The lowest BCUT2D eigenvalue weighted by Gasteiger charge is -2.38. The Hall–Kier alpha value is -0.610. The molecule has 0 radical (unpaired) electrons. The number of hydrogen-bond donors (Lipinski definition) is 1. The number of rotatable bonds is 4. The zero-order valence-corrected chi connectivity index (χ0v) is 10.2. The molecule has 2 unspecified atom stereocenters. The molecule has 1 fully saturated rings. The van der Waals surface area contributed by atoms with Crippen molar-refractivity contribution in [3.63, 3.8) is 0 Å². The molecule has 1 aliphatic carbocycles. The van der Waals surface area contributed by atoms with E-state index < -0.39 is 0 Å². The summed E-state index contributed by atoms with van der Waals surface area (Å²) in [6, 6.07) is 0. The minimum absolute atomic E-state index is 0.0202. The first-order valence-corrected chi connectivity index (χ1v) is 5.57. The third-order valence-electron chi connectivity index (χ3n) is 3.70. The molecule has 4 heteroatoms. The Balaban J connectivity index is 2.68. The van der Waals surface area contributed by atoms with Gasteiger partial charge < -0.3 is 10.1 Å². The summed E-state index contributed by atoms with van der Waals surface area (Å²) in [7, 11) is 5.52. The van der Waals surface area contributed by atoms with Gasteiger partial charge in [-0.3, -0.25) is 9.69 Å². The number of carbonyl (C=O) groups is 1. The summed E-state index contributed by atoms with van der Waals surface area (Å²) in [5.41, 5.74) is -0.0202. The molecule has 0 amide bonds. The number of carbonyl (C=O) groups excluding carboxylic acids is 1. The van der Waals surface area contributed by atoms with E-state index in [4.69, 9.17) is 4.74 Å². The summed E-state index contributed by atoms with van der Waals surface area (Å²) in [6.45, 7) is 3.11. The van der Waals surface area contributed by atoms with Crippen molar-refractivity contribution in [2.45, 2.75) is 31.8 Å². The third-order valence-corrected chi connectivity index (χ3v) is 3.70. The molecular formula is C11H22N2O2. The van der Waals surface area contributed by atoms with Gasteiger partial charge in [-0.1, -0.05) is 6.92 Å². The van der Waals surface area contributed by atoms with Crippen molar-refractivity contribution in [2.75, 3.05) is 27.7 Å². The molecule has 0 aromatic heterocycles. The lowest BCUT2D eigenvalue weighted by Crippen LogP contribution is -2.54. The van der Waals surface area contributed by atoms with Crippen LogP contribution in [0, 0.1) is 5.92 Å². The second kappa shape index (κ2) is 4.94. The summed E-state index contributed by atoms with van der Waals surface area (Å²) in [6.07, 6.45) is 2.77. The van der Waals surface area contributed by atoms with Crippen molar-refractivity contribution in [2.24, 2.45) is 5.92 Å². The highest BCUT2D eigenvalue weighted by molar-refractivity contribution is 5.72. The lowest BCUT2D eigenvalue weighted by atomic mass is 10.0. The van der Waals surface area contributed by atoms with Crippen LogP contribution in [0.2, 0.25) is 0 Å². The van der Waals surface area contributed by atoms with Crippen LogP contribution >= 0.6 is 0 Å². The highest BCUT2D eigenvalue weighted by atomic mass is 16.5. The normalized spacial score (nSPS) is 30.9. The van der Waals surface area contributed by atoms with Crippen molar-refractivity contribution >= 4 is 5.97 Å². The largest absolute Gasteiger partial charge is 0.469 e. The summed E-state index contributed by atoms with van der Waals surface area (Å²) in [5.74, 6) is -0.0203. The number of esters is 1. The van der Waals surface area contributed by atoms with Gasteiger partial charge >= 0.3 is 5.97 Å². The maximum absolute atomic E-state index is 11.5. The molecule has 0 aromatic rings. The molecule has 1 saturated carbocycles. The van der Waals surface area contributed by atoms with Crippen LogP contribution in [0.15, 0.2) is 0 Å². The monoisotopic (exact) mass is 214 g/mol. The molecule has 0 aliphatic heterocycles. The summed E-state index contributed by atoms with van der Waals surface area (Å²) in [4.78, 5) is 13.7. The van der Waals surface area contributed by atoms with Gasteiger partial charge in [0.2, 0.25) is 0 Å². The van der Waals surface area contributed by atoms with Gasteiger partial charge in [-0.25, -0.2) is 0 Å². The molecule has 15 heavy (non-hydrogen) atoms. The molecule has 0 saturated heterocycles. The summed E-state index contributed by atoms with van der Waals surface area (Å²) < 4.78 is 4.80. The van der Waals surface area contributed by atoms with Crippen LogP contribution in [-0.2, 0) is 9.53 Å². The molecule has 88 valence electrons. The smallest absolute Gasteiger partial charge is 0.308 e. The van der Waals surface area contributed by atoms with Crippen LogP contribution in [0.3, 0.4) is 0 Å². The molecule has 0 aromatic carbocycles. The molecule has 4 nitrogen and oxygen atoms in total. The van der Waals surface area contributed by atoms with E-state index in [0.29, 0.717) is 0 Å². The van der Waals surface area contributed by atoms with Crippen molar-refractivity contribution < 1.29 is 9.53 Å². The van der Waals surface area contributed by atoms with Crippen LogP contribution in [-0.4, -0.2) is 44.3 Å². The molecule has 1 aliphatic rings. The fraction of sp³-hybridized carbons (Fsp3) is 0.909. The van der Waals surface area contributed by atoms with Gasteiger partial charge in [0.15, 0.2) is 0 Å². The topological polar surface area (TPSA) is 41.6 Å². The Bertz CT molecular complexity index is 233. The van der Waals surface area contributed by atoms with Gasteiger partial charge in [0.25, 0.3) is 0 Å². The fourth-order valence-electron chi connectivity index (χ4n) is 2.46. The average Bonchev–Trinajstić information content (AvgIpc) is 2.72. The van der Waals surface area contributed by atoms with Gasteiger partial charge in [-0.05, 0) is 39.9 Å². The quantitative estimate of drug-likeness (QED) is 0.556. The second-order valence-corrected chi connectivity index (χ2v) is 4.26. The van der Waals surface area contributed by atoms with Gasteiger partial charge in [0.05, 0.1) is 18.7 Å². The van der Waals surface area contributed by atoms with Crippen molar-refractivity contribution in [1.29, 1.82) is 0 Å². The predicted molar refractivity (Wildman–Crippen MR) is 59.5 cm³/mol. The van der Waals surface area contributed by atoms with E-state index in [1.54, 1.807) is 0 Å². The lowest BCUT2D eigenvalue weighted by molar-refractivity contribution is -0.145. The van der Waals surface area contributed by atoms with Crippen LogP contribution < -0.4 is 5.32 Å². The van der Waals surface area contributed by atoms with Crippen LogP contribution in [0.5, 0.6) is 0 Å².